The molecule has 1 aromatic carbocycles. The van der Waals surface area contributed by atoms with Crippen molar-refractivity contribution in [1.29, 1.82) is 0 Å². The molecule has 0 bridgehead atoms. The number of carbonyl (C=O) groups excluding carboxylic acids is 1. The van der Waals surface area contributed by atoms with Crippen LogP contribution in [0.3, 0.4) is 0 Å². The van der Waals surface area contributed by atoms with Gasteiger partial charge in [0.25, 0.3) is 0 Å². The first-order chi connectivity index (χ1) is 23.5. The van der Waals surface area contributed by atoms with Crippen LogP contribution in [0, 0.1) is 5.92 Å². The van der Waals surface area contributed by atoms with Crippen LogP contribution in [0.2, 0.25) is 0 Å². The van der Waals surface area contributed by atoms with Crippen molar-refractivity contribution in [3.63, 3.8) is 0 Å². The van der Waals surface area contributed by atoms with Gasteiger partial charge in [0, 0.05) is 0 Å². The minimum Gasteiger partial charge on any atom is -0.462 e. The molecule has 49 heavy (non-hydrogen) atoms. The van der Waals surface area contributed by atoms with Crippen molar-refractivity contribution in [3.8, 4) is 0 Å². The number of hydrogen-bond donors (Lipinski definition) is 0. The number of allylic oxidation sites excluding steroid dienone is 14. The number of benzene rings is 1. The number of rotatable bonds is 25. The lowest BCUT2D eigenvalue weighted by Gasteiger charge is -2.11. The normalized spacial score (nSPS) is 14.2. The van der Waals surface area contributed by atoms with Crippen LogP contribution in [0.1, 0.15) is 169 Å². The largest absolute Gasteiger partial charge is 0.462 e. The van der Waals surface area contributed by atoms with Gasteiger partial charge in [0.1, 0.15) is 0 Å². The van der Waals surface area contributed by atoms with E-state index in [2.05, 4.69) is 105 Å². The van der Waals surface area contributed by atoms with E-state index in [4.69, 9.17) is 4.74 Å². The molecule has 0 spiro atoms. The van der Waals surface area contributed by atoms with E-state index in [0.717, 1.165) is 70.6 Å². The highest BCUT2D eigenvalue weighted by Crippen LogP contribution is 2.18. The van der Waals surface area contributed by atoms with Crippen molar-refractivity contribution in [2.45, 2.75) is 159 Å². The van der Waals surface area contributed by atoms with Gasteiger partial charge in [0.15, 0.2) is 0 Å². The lowest BCUT2D eigenvalue weighted by molar-refractivity contribution is 0.0484. The second-order valence-electron chi connectivity index (χ2n) is 14.8. The average molecular weight is 669 g/mol. The van der Waals surface area contributed by atoms with Crippen LogP contribution < -0.4 is 0 Å². The first-order valence-electron chi connectivity index (χ1n) is 19.3. The summed E-state index contributed by atoms with van der Waals surface area (Å²) in [5.41, 5.74) is 11.1. The van der Waals surface area contributed by atoms with Gasteiger partial charge in [-0.25, -0.2) is 4.79 Å². The lowest BCUT2D eigenvalue weighted by Crippen LogP contribution is -2.08. The van der Waals surface area contributed by atoms with E-state index in [1.54, 1.807) is 12.1 Å². The molecule has 1 aromatic rings. The summed E-state index contributed by atoms with van der Waals surface area (Å²) in [6.45, 7) is 20.8. The summed E-state index contributed by atoms with van der Waals surface area (Å²) in [5.74, 6) is 0.315. The summed E-state index contributed by atoms with van der Waals surface area (Å²) in [5, 5.41) is 0. The highest BCUT2D eigenvalue weighted by atomic mass is 16.5. The number of hydrogen-bond acceptors (Lipinski definition) is 2. The third kappa shape index (κ3) is 25.5. The van der Waals surface area contributed by atoms with Crippen LogP contribution in [0.25, 0.3) is 0 Å². The quantitative estimate of drug-likeness (QED) is 0.0765. The van der Waals surface area contributed by atoms with Gasteiger partial charge in [-0.3, -0.25) is 0 Å². The maximum atomic E-state index is 12.1. The van der Waals surface area contributed by atoms with Crippen LogP contribution in [0.4, 0.5) is 0 Å². The van der Waals surface area contributed by atoms with Gasteiger partial charge in [-0.1, -0.05) is 107 Å². The fourth-order valence-electron chi connectivity index (χ4n) is 5.70. The second-order valence-corrected chi connectivity index (χ2v) is 14.8. The molecular weight excluding hydrogens is 597 g/mol. The molecule has 0 fully saturated rings. The fourth-order valence-corrected chi connectivity index (χ4v) is 5.70. The van der Waals surface area contributed by atoms with E-state index < -0.39 is 0 Å². The Kier molecular flexibility index (Phi) is 24.8. The molecule has 1 atom stereocenters. The molecule has 0 aliphatic rings. The Balaban J connectivity index is 2.19. The van der Waals surface area contributed by atoms with Gasteiger partial charge < -0.3 is 4.74 Å². The molecule has 0 amide bonds. The standard InChI is InChI=1S/C47H72O2/c1-38(2)20-13-21-39(3)22-14-23-40(4)24-15-25-41(5)26-16-27-42(6)28-17-29-43(7)30-18-31-44(8)32-19-33-45(9)36-37-49-47(48)46-34-11-10-12-35-46/h10-12,20,22,24,26,28,30,32,34-35,45H,13-19,21,23,25,27,29,31,33,36-37H2,1-9H3. The van der Waals surface area contributed by atoms with Crippen LogP contribution in [0.5, 0.6) is 0 Å². The molecule has 0 aliphatic carbocycles. The van der Waals surface area contributed by atoms with Crippen molar-refractivity contribution in [2.24, 2.45) is 5.92 Å². The van der Waals surface area contributed by atoms with Crippen LogP contribution in [0.15, 0.2) is 112 Å². The zero-order valence-corrected chi connectivity index (χ0v) is 33.1. The molecular formula is C47H72O2. The Morgan fingerprint density at radius 3 is 1.22 bits per heavy atom. The Morgan fingerprint density at radius 1 is 0.510 bits per heavy atom. The zero-order valence-electron chi connectivity index (χ0n) is 33.1. The number of esters is 1. The molecule has 272 valence electrons. The Labute approximate surface area is 303 Å². The van der Waals surface area contributed by atoms with Gasteiger partial charge in [-0.2, -0.15) is 0 Å². The minimum atomic E-state index is -0.225. The Morgan fingerprint density at radius 2 is 0.857 bits per heavy atom. The summed E-state index contributed by atoms with van der Waals surface area (Å²) >= 11 is 0. The van der Waals surface area contributed by atoms with Crippen molar-refractivity contribution < 1.29 is 9.53 Å². The maximum absolute atomic E-state index is 12.1. The molecule has 0 heterocycles. The van der Waals surface area contributed by atoms with Crippen LogP contribution in [-0.2, 0) is 4.74 Å². The molecule has 0 radical (unpaired) electrons. The van der Waals surface area contributed by atoms with E-state index >= 15 is 0 Å². The van der Waals surface area contributed by atoms with E-state index in [-0.39, 0.29) is 5.97 Å². The van der Waals surface area contributed by atoms with Crippen molar-refractivity contribution in [1.82, 2.24) is 0 Å². The smallest absolute Gasteiger partial charge is 0.338 e. The summed E-state index contributed by atoms with van der Waals surface area (Å²) in [4.78, 5) is 12.1. The third-order valence-electron chi connectivity index (χ3n) is 9.25. The predicted octanol–water partition coefficient (Wildman–Crippen LogP) is 15.0. The maximum Gasteiger partial charge on any atom is 0.338 e. The topological polar surface area (TPSA) is 26.3 Å². The van der Waals surface area contributed by atoms with Gasteiger partial charge in [0.05, 0.1) is 12.2 Å². The summed E-state index contributed by atoms with van der Waals surface area (Å²) < 4.78 is 5.44. The van der Waals surface area contributed by atoms with Gasteiger partial charge in [-0.15, -0.1) is 0 Å². The molecule has 0 N–H and O–H groups in total. The molecule has 2 nitrogen and oxygen atoms in total. The molecule has 1 rings (SSSR count). The van der Waals surface area contributed by atoms with Crippen molar-refractivity contribution in [3.05, 3.63) is 117 Å². The van der Waals surface area contributed by atoms with Gasteiger partial charge in [-0.05, 0) is 170 Å². The summed E-state index contributed by atoms with van der Waals surface area (Å²) in [6, 6.07) is 9.23. The van der Waals surface area contributed by atoms with Crippen LogP contribution in [-0.4, -0.2) is 12.6 Å². The number of ether oxygens (including phenoxy) is 1. The Bertz CT molecular complexity index is 1270. The molecule has 2 heteroatoms. The minimum absolute atomic E-state index is 0.225. The lowest BCUT2D eigenvalue weighted by atomic mass is 10.00. The fraction of sp³-hybridized carbons (Fsp3) is 0.553. The first-order valence-corrected chi connectivity index (χ1v) is 19.3. The summed E-state index contributed by atoms with van der Waals surface area (Å²) in [7, 11) is 0. The molecule has 0 saturated carbocycles. The Hall–Kier alpha value is -3.13. The third-order valence-corrected chi connectivity index (χ3v) is 9.25. The van der Waals surface area contributed by atoms with E-state index in [9.17, 15) is 4.79 Å². The van der Waals surface area contributed by atoms with Crippen molar-refractivity contribution >= 4 is 5.97 Å². The van der Waals surface area contributed by atoms with Crippen molar-refractivity contribution in [2.75, 3.05) is 6.61 Å². The SMILES string of the molecule is CC(C)=CCCC(C)=CCCC(C)=CCCC(C)=CCCC(C)=CCCC(C)=CCCC(C)=CCCC(C)CCOC(=O)c1ccccc1. The van der Waals surface area contributed by atoms with Gasteiger partial charge >= 0.3 is 5.97 Å². The van der Waals surface area contributed by atoms with E-state index in [0.29, 0.717) is 18.1 Å². The first kappa shape index (κ1) is 43.9. The monoisotopic (exact) mass is 669 g/mol. The molecule has 1 unspecified atom stereocenters. The van der Waals surface area contributed by atoms with E-state index in [1.807, 2.05) is 18.2 Å². The molecule has 0 saturated heterocycles. The number of carbonyl (C=O) groups is 1. The predicted molar refractivity (Wildman–Crippen MR) is 217 cm³/mol. The van der Waals surface area contributed by atoms with Crippen LogP contribution >= 0.6 is 0 Å². The molecule has 0 aromatic heterocycles. The molecule has 0 aliphatic heterocycles. The highest BCUT2D eigenvalue weighted by molar-refractivity contribution is 5.89. The summed E-state index contributed by atoms with van der Waals surface area (Å²) in [6.07, 6.45) is 33.9. The second kappa shape index (κ2) is 27.7. The highest BCUT2D eigenvalue weighted by Gasteiger charge is 2.08. The van der Waals surface area contributed by atoms with Gasteiger partial charge in [0.2, 0.25) is 0 Å². The zero-order chi connectivity index (χ0) is 36.3. The average Bonchev–Trinajstić information content (AvgIpc) is 3.05. The van der Waals surface area contributed by atoms with E-state index in [1.165, 1.54) is 64.7 Å².